The number of amides is 3. The van der Waals surface area contributed by atoms with Gasteiger partial charge in [0.1, 0.15) is 0 Å². The Morgan fingerprint density at radius 2 is 1.94 bits per heavy atom. The summed E-state index contributed by atoms with van der Waals surface area (Å²) < 4.78 is 0. The number of imide groups is 1. The summed E-state index contributed by atoms with van der Waals surface area (Å²) in [4.78, 5) is 45.6. The fraction of sp³-hybridized carbons (Fsp3) is 0.333. The largest absolute Gasteiger partial charge is 0.332 e. The summed E-state index contributed by atoms with van der Waals surface area (Å²) in [6, 6.07) is 11.0. The highest BCUT2D eigenvalue weighted by molar-refractivity contribution is 8.18. The molecule has 31 heavy (non-hydrogen) atoms. The van der Waals surface area contributed by atoms with Crippen LogP contribution in [0.3, 0.4) is 0 Å². The van der Waals surface area contributed by atoms with Crippen LogP contribution in [0.4, 0.5) is 4.79 Å². The summed E-state index contributed by atoms with van der Waals surface area (Å²) in [7, 11) is 0. The summed E-state index contributed by atoms with van der Waals surface area (Å²) in [5.74, 6) is -0.266. The first kappa shape index (κ1) is 21.3. The lowest BCUT2D eigenvalue weighted by atomic mass is 9.95. The molecule has 2 aromatic rings. The van der Waals surface area contributed by atoms with Crippen molar-refractivity contribution in [2.24, 2.45) is 0 Å². The van der Waals surface area contributed by atoms with Gasteiger partial charge in [-0.15, -0.1) is 0 Å². The van der Waals surface area contributed by atoms with Gasteiger partial charge in [-0.05, 0) is 80.3 Å². The predicted octanol–water partition coefficient (Wildman–Crippen LogP) is 4.89. The minimum Gasteiger partial charge on any atom is -0.332 e. The highest BCUT2D eigenvalue weighted by atomic mass is 32.2. The first-order valence-corrected chi connectivity index (χ1v) is 11.4. The van der Waals surface area contributed by atoms with E-state index < -0.39 is 0 Å². The Labute approximate surface area is 186 Å². The first-order valence-electron chi connectivity index (χ1n) is 10.5. The third-order valence-corrected chi connectivity index (χ3v) is 6.51. The average Bonchev–Trinajstić information content (AvgIpc) is 3.07. The van der Waals surface area contributed by atoms with Gasteiger partial charge in [-0.1, -0.05) is 18.2 Å². The van der Waals surface area contributed by atoms with Crippen molar-refractivity contribution in [3.8, 4) is 0 Å². The van der Waals surface area contributed by atoms with Gasteiger partial charge in [0.05, 0.1) is 10.9 Å². The SMILES string of the molecule is CC(C)N1C(=O)SC(=Cc2ccc(C(=O)N3CCCCC3c3cccnc3)cc2)C1=O. The number of thioether (sulfide) groups is 1. The molecule has 0 N–H and O–H groups in total. The number of nitrogens with zero attached hydrogens (tertiary/aromatic N) is 3. The maximum atomic E-state index is 13.2. The van der Waals surface area contributed by atoms with E-state index in [0.717, 1.165) is 48.7 Å². The molecule has 1 unspecified atom stereocenters. The van der Waals surface area contributed by atoms with E-state index in [-0.39, 0.29) is 29.1 Å². The zero-order valence-electron chi connectivity index (χ0n) is 17.7. The van der Waals surface area contributed by atoms with Gasteiger partial charge >= 0.3 is 0 Å². The molecule has 1 aromatic heterocycles. The first-order chi connectivity index (χ1) is 15.0. The van der Waals surface area contributed by atoms with Crippen molar-refractivity contribution in [1.82, 2.24) is 14.8 Å². The van der Waals surface area contributed by atoms with Crippen LogP contribution < -0.4 is 0 Å². The molecular formula is C24H25N3O3S. The van der Waals surface area contributed by atoms with Gasteiger partial charge in [-0.2, -0.15) is 0 Å². The topological polar surface area (TPSA) is 70.6 Å². The summed E-state index contributed by atoms with van der Waals surface area (Å²) in [5.41, 5.74) is 2.46. The minimum atomic E-state index is -0.266. The summed E-state index contributed by atoms with van der Waals surface area (Å²) >= 11 is 0.954. The summed E-state index contributed by atoms with van der Waals surface area (Å²) in [6.07, 6.45) is 8.30. The Balaban J connectivity index is 1.52. The number of carbonyl (C=O) groups is 3. The molecule has 3 amide bonds. The molecular weight excluding hydrogens is 410 g/mol. The minimum absolute atomic E-state index is 0.000217. The number of hydrogen-bond donors (Lipinski definition) is 0. The Bertz CT molecular complexity index is 1020. The van der Waals surface area contributed by atoms with Crippen molar-refractivity contribution in [2.45, 2.75) is 45.2 Å². The normalized spacial score (nSPS) is 20.7. The molecule has 2 aliphatic heterocycles. The molecule has 0 aliphatic carbocycles. The van der Waals surface area contributed by atoms with Crippen LogP contribution in [0.1, 0.15) is 60.6 Å². The van der Waals surface area contributed by atoms with E-state index in [0.29, 0.717) is 10.5 Å². The molecule has 2 saturated heterocycles. The third kappa shape index (κ3) is 4.42. The lowest BCUT2D eigenvalue weighted by molar-refractivity contribution is -0.123. The van der Waals surface area contributed by atoms with Gasteiger partial charge in [0, 0.05) is 30.5 Å². The Kier molecular flexibility index (Phi) is 6.23. The Morgan fingerprint density at radius 3 is 2.58 bits per heavy atom. The average molecular weight is 436 g/mol. The van der Waals surface area contributed by atoms with E-state index >= 15 is 0 Å². The number of aromatic nitrogens is 1. The smallest absolute Gasteiger partial charge is 0.293 e. The van der Waals surface area contributed by atoms with Gasteiger partial charge in [0.25, 0.3) is 17.1 Å². The van der Waals surface area contributed by atoms with Crippen LogP contribution in [0, 0.1) is 0 Å². The maximum Gasteiger partial charge on any atom is 0.293 e. The quantitative estimate of drug-likeness (QED) is 0.639. The number of rotatable bonds is 4. The molecule has 2 aliphatic rings. The molecule has 1 aromatic carbocycles. The van der Waals surface area contributed by atoms with Crippen molar-refractivity contribution in [1.29, 1.82) is 0 Å². The van der Waals surface area contributed by atoms with Crippen LogP contribution in [-0.4, -0.2) is 44.4 Å². The zero-order valence-corrected chi connectivity index (χ0v) is 18.5. The van der Waals surface area contributed by atoms with Gasteiger partial charge in [0.15, 0.2) is 0 Å². The van der Waals surface area contributed by atoms with Crippen molar-refractivity contribution < 1.29 is 14.4 Å². The van der Waals surface area contributed by atoms with E-state index in [4.69, 9.17) is 0 Å². The molecule has 0 saturated carbocycles. The molecule has 0 bridgehead atoms. The van der Waals surface area contributed by atoms with Gasteiger partial charge in [-0.3, -0.25) is 24.3 Å². The monoisotopic (exact) mass is 435 g/mol. The third-order valence-electron chi connectivity index (χ3n) is 5.63. The molecule has 6 nitrogen and oxygen atoms in total. The second-order valence-electron chi connectivity index (χ2n) is 8.06. The molecule has 2 fully saturated rings. The second-order valence-corrected chi connectivity index (χ2v) is 9.06. The van der Waals surface area contributed by atoms with E-state index in [9.17, 15) is 14.4 Å². The highest BCUT2D eigenvalue weighted by Crippen LogP contribution is 2.34. The van der Waals surface area contributed by atoms with Crippen molar-refractivity contribution in [3.63, 3.8) is 0 Å². The van der Waals surface area contributed by atoms with Crippen molar-refractivity contribution in [2.75, 3.05) is 6.54 Å². The number of carbonyl (C=O) groups excluding carboxylic acids is 3. The number of benzene rings is 1. The number of hydrogen-bond acceptors (Lipinski definition) is 5. The number of likely N-dealkylation sites (tertiary alicyclic amines) is 1. The summed E-state index contributed by atoms with van der Waals surface area (Å²) in [5, 5.41) is -0.246. The van der Waals surface area contributed by atoms with Crippen LogP contribution in [0.2, 0.25) is 0 Å². The predicted molar refractivity (Wildman–Crippen MR) is 121 cm³/mol. The lowest BCUT2D eigenvalue weighted by Gasteiger charge is -2.36. The Hall–Kier alpha value is -2.93. The van der Waals surface area contributed by atoms with Gasteiger partial charge in [0.2, 0.25) is 0 Å². The Morgan fingerprint density at radius 1 is 1.16 bits per heavy atom. The van der Waals surface area contributed by atoms with Crippen LogP contribution in [0.25, 0.3) is 6.08 Å². The van der Waals surface area contributed by atoms with Crippen molar-refractivity contribution >= 4 is 34.9 Å². The molecule has 0 radical (unpaired) electrons. The molecule has 4 rings (SSSR count). The molecule has 0 spiro atoms. The molecule has 1 atom stereocenters. The van der Waals surface area contributed by atoms with E-state index in [1.165, 1.54) is 4.90 Å². The lowest BCUT2D eigenvalue weighted by Crippen LogP contribution is -2.38. The van der Waals surface area contributed by atoms with Crippen LogP contribution in [0.5, 0.6) is 0 Å². The summed E-state index contributed by atoms with van der Waals surface area (Å²) in [6.45, 7) is 4.36. The van der Waals surface area contributed by atoms with Crippen LogP contribution >= 0.6 is 11.8 Å². The fourth-order valence-electron chi connectivity index (χ4n) is 4.06. The molecule has 160 valence electrons. The van der Waals surface area contributed by atoms with Gasteiger partial charge in [-0.25, -0.2) is 0 Å². The number of piperidine rings is 1. The highest BCUT2D eigenvalue weighted by Gasteiger charge is 2.36. The second kappa shape index (κ2) is 9.06. The van der Waals surface area contributed by atoms with Gasteiger partial charge < -0.3 is 4.90 Å². The maximum absolute atomic E-state index is 13.2. The van der Waals surface area contributed by atoms with Crippen LogP contribution in [0.15, 0.2) is 53.7 Å². The van der Waals surface area contributed by atoms with Crippen LogP contribution in [-0.2, 0) is 4.79 Å². The van der Waals surface area contributed by atoms with E-state index in [1.807, 2.05) is 49.2 Å². The van der Waals surface area contributed by atoms with E-state index in [1.54, 1.807) is 24.4 Å². The van der Waals surface area contributed by atoms with E-state index in [2.05, 4.69) is 4.98 Å². The molecule has 3 heterocycles. The molecule has 7 heteroatoms. The zero-order chi connectivity index (χ0) is 22.0. The standard InChI is InChI=1S/C24H25N3O3S/c1-16(2)27-23(29)21(31-24(27)30)14-17-8-10-18(11-9-17)22(28)26-13-4-3-7-20(26)19-6-5-12-25-15-19/h5-6,8-12,14-16,20H,3-4,7,13H2,1-2H3. The van der Waals surface area contributed by atoms with Crippen molar-refractivity contribution in [3.05, 3.63) is 70.4 Å². The number of pyridine rings is 1. The fourth-order valence-corrected chi connectivity index (χ4v) is 5.02.